The molecule has 0 amide bonds. The molecule has 0 unspecified atom stereocenters. The summed E-state index contributed by atoms with van der Waals surface area (Å²) in [6.45, 7) is 3.80. The Morgan fingerprint density at radius 2 is 2.05 bits per heavy atom. The van der Waals surface area contributed by atoms with Crippen LogP contribution in [0.3, 0.4) is 0 Å². The lowest BCUT2D eigenvalue weighted by Crippen LogP contribution is -2.54. The van der Waals surface area contributed by atoms with Gasteiger partial charge in [-0.15, -0.1) is 0 Å². The second-order valence-corrected chi connectivity index (χ2v) is 4.88. The van der Waals surface area contributed by atoms with Crippen LogP contribution in [0.25, 0.3) is 0 Å². The molecule has 0 aliphatic carbocycles. The molecule has 0 bridgehead atoms. The molecule has 110 valence electrons. The van der Waals surface area contributed by atoms with E-state index < -0.39 is 5.54 Å². The molecule has 1 aromatic carbocycles. The van der Waals surface area contributed by atoms with Crippen molar-refractivity contribution in [2.24, 2.45) is 0 Å². The lowest BCUT2D eigenvalue weighted by Gasteiger charge is -2.37. The van der Waals surface area contributed by atoms with Crippen LogP contribution in [0, 0.1) is 0 Å². The zero-order valence-electron chi connectivity index (χ0n) is 12.1. The van der Waals surface area contributed by atoms with Gasteiger partial charge in [0, 0.05) is 0 Å². The van der Waals surface area contributed by atoms with Crippen LogP contribution in [0.5, 0.6) is 5.75 Å². The lowest BCUT2D eigenvalue weighted by molar-refractivity contribution is -0.149. The number of esters is 1. The normalized spacial score (nSPS) is 17.3. The minimum absolute atomic E-state index is 0.188. The van der Waals surface area contributed by atoms with Crippen LogP contribution in [-0.4, -0.2) is 38.3 Å². The molecule has 0 radical (unpaired) electrons. The Kier molecular flexibility index (Phi) is 4.84. The molecule has 1 aliphatic heterocycles. The summed E-state index contributed by atoms with van der Waals surface area (Å²) in [6.07, 6.45) is 1.40. The molecule has 0 atom stereocenters. The molecule has 0 saturated carbocycles. The van der Waals surface area contributed by atoms with Gasteiger partial charge in [0.15, 0.2) is 0 Å². The maximum absolute atomic E-state index is 12.4. The van der Waals surface area contributed by atoms with Gasteiger partial charge in [0.05, 0.1) is 19.4 Å². The van der Waals surface area contributed by atoms with E-state index in [1.54, 1.807) is 7.11 Å². The number of methoxy groups -OCH3 is 1. The molecule has 2 rings (SSSR count). The van der Waals surface area contributed by atoms with Crippen LogP contribution in [0.4, 0.5) is 5.69 Å². The maximum Gasteiger partial charge on any atom is 0.331 e. The summed E-state index contributed by atoms with van der Waals surface area (Å²) in [5, 5.41) is 6.63. The molecule has 1 fully saturated rings. The predicted octanol–water partition coefficient (Wildman–Crippen LogP) is 1.79. The third-order valence-electron chi connectivity index (χ3n) is 3.60. The summed E-state index contributed by atoms with van der Waals surface area (Å²) in [5.74, 6) is 0.544. The Balaban J connectivity index is 2.25. The van der Waals surface area contributed by atoms with Crippen LogP contribution in [0.15, 0.2) is 24.3 Å². The van der Waals surface area contributed by atoms with E-state index in [4.69, 9.17) is 9.47 Å². The zero-order valence-corrected chi connectivity index (χ0v) is 12.1. The quantitative estimate of drug-likeness (QED) is 0.804. The van der Waals surface area contributed by atoms with Crippen molar-refractivity contribution in [3.05, 3.63) is 24.3 Å². The highest BCUT2D eigenvalue weighted by Crippen LogP contribution is 2.31. The fourth-order valence-corrected chi connectivity index (χ4v) is 2.51. The smallest absolute Gasteiger partial charge is 0.331 e. The van der Waals surface area contributed by atoms with Crippen molar-refractivity contribution >= 4 is 11.7 Å². The molecule has 0 spiro atoms. The Morgan fingerprint density at radius 3 is 2.70 bits per heavy atom. The number of nitrogens with one attached hydrogen (secondary N) is 2. The van der Waals surface area contributed by atoms with E-state index in [1.807, 2.05) is 31.2 Å². The average molecular weight is 278 g/mol. The molecule has 0 aromatic heterocycles. The minimum atomic E-state index is -0.671. The van der Waals surface area contributed by atoms with Gasteiger partial charge in [-0.2, -0.15) is 0 Å². The van der Waals surface area contributed by atoms with Crippen LogP contribution in [0.2, 0.25) is 0 Å². The summed E-state index contributed by atoms with van der Waals surface area (Å²) in [4.78, 5) is 12.4. The number of para-hydroxylation sites is 2. The first-order valence-electron chi connectivity index (χ1n) is 7.01. The Bertz CT molecular complexity index is 456. The summed E-state index contributed by atoms with van der Waals surface area (Å²) >= 11 is 0. The van der Waals surface area contributed by atoms with Crippen molar-refractivity contribution < 1.29 is 14.3 Å². The number of piperidine rings is 1. The maximum atomic E-state index is 12.4. The van der Waals surface area contributed by atoms with Crippen molar-refractivity contribution in [3.63, 3.8) is 0 Å². The van der Waals surface area contributed by atoms with Gasteiger partial charge in [-0.3, -0.25) is 0 Å². The zero-order chi connectivity index (χ0) is 14.4. The van der Waals surface area contributed by atoms with E-state index in [-0.39, 0.29) is 5.97 Å². The fraction of sp³-hybridized carbons (Fsp3) is 0.533. The fourth-order valence-electron chi connectivity index (χ4n) is 2.51. The second-order valence-electron chi connectivity index (χ2n) is 4.88. The standard InChI is InChI=1S/C15H22N2O3/c1-3-20-14(18)15(8-10-16-11-9-15)17-12-6-4-5-7-13(12)19-2/h4-7,16-17H,3,8-11H2,1-2H3. The Labute approximate surface area is 119 Å². The Hall–Kier alpha value is -1.75. The molecule has 1 heterocycles. The van der Waals surface area contributed by atoms with E-state index in [1.165, 1.54) is 0 Å². The van der Waals surface area contributed by atoms with Gasteiger partial charge in [0.1, 0.15) is 11.3 Å². The Morgan fingerprint density at radius 1 is 1.35 bits per heavy atom. The van der Waals surface area contributed by atoms with E-state index in [2.05, 4.69) is 10.6 Å². The molecule has 20 heavy (non-hydrogen) atoms. The van der Waals surface area contributed by atoms with Gasteiger partial charge in [-0.25, -0.2) is 4.79 Å². The summed E-state index contributed by atoms with van der Waals surface area (Å²) in [5.41, 5.74) is 0.153. The van der Waals surface area contributed by atoms with Gasteiger partial charge in [-0.1, -0.05) is 12.1 Å². The molecule has 1 aliphatic rings. The first kappa shape index (κ1) is 14.7. The number of hydrogen-bond acceptors (Lipinski definition) is 5. The highest BCUT2D eigenvalue weighted by molar-refractivity contribution is 5.85. The highest BCUT2D eigenvalue weighted by atomic mass is 16.5. The number of anilines is 1. The SMILES string of the molecule is CCOC(=O)C1(Nc2ccccc2OC)CCNCC1. The molecular formula is C15H22N2O3. The van der Waals surface area contributed by atoms with Crippen LogP contribution in [0.1, 0.15) is 19.8 Å². The minimum Gasteiger partial charge on any atom is -0.495 e. The molecule has 1 aromatic rings. The van der Waals surface area contributed by atoms with Gasteiger partial charge < -0.3 is 20.1 Å². The molecule has 1 saturated heterocycles. The van der Waals surface area contributed by atoms with E-state index >= 15 is 0 Å². The number of ether oxygens (including phenoxy) is 2. The summed E-state index contributed by atoms with van der Waals surface area (Å²) in [7, 11) is 1.62. The predicted molar refractivity (Wildman–Crippen MR) is 78.1 cm³/mol. The van der Waals surface area contributed by atoms with Crippen LogP contribution >= 0.6 is 0 Å². The topological polar surface area (TPSA) is 59.6 Å². The number of carbonyl (C=O) groups is 1. The molecule has 5 heteroatoms. The van der Waals surface area contributed by atoms with Crippen molar-refractivity contribution in [3.8, 4) is 5.75 Å². The van der Waals surface area contributed by atoms with Crippen molar-refractivity contribution in [1.82, 2.24) is 5.32 Å². The van der Waals surface area contributed by atoms with Gasteiger partial charge in [-0.05, 0) is 45.0 Å². The third kappa shape index (κ3) is 3.04. The van der Waals surface area contributed by atoms with Crippen molar-refractivity contribution in [2.45, 2.75) is 25.3 Å². The third-order valence-corrected chi connectivity index (χ3v) is 3.60. The van der Waals surface area contributed by atoms with Gasteiger partial charge in [0.2, 0.25) is 0 Å². The molecular weight excluding hydrogens is 256 g/mol. The number of benzene rings is 1. The average Bonchev–Trinajstić information content (AvgIpc) is 2.49. The first-order valence-corrected chi connectivity index (χ1v) is 7.01. The highest BCUT2D eigenvalue weighted by Gasteiger charge is 2.41. The first-order chi connectivity index (χ1) is 9.72. The van der Waals surface area contributed by atoms with Crippen molar-refractivity contribution in [1.29, 1.82) is 0 Å². The summed E-state index contributed by atoms with van der Waals surface area (Å²) in [6, 6.07) is 7.62. The molecule has 5 nitrogen and oxygen atoms in total. The van der Waals surface area contributed by atoms with E-state index in [0.29, 0.717) is 19.4 Å². The van der Waals surface area contributed by atoms with Gasteiger partial charge >= 0.3 is 5.97 Å². The van der Waals surface area contributed by atoms with Crippen LogP contribution < -0.4 is 15.4 Å². The largest absolute Gasteiger partial charge is 0.495 e. The van der Waals surface area contributed by atoms with E-state index in [0.717, 1.165) is 24.5 Å². The monoisotopic (exact) mass is 278 g/mol. The molecule has 2 N–H and O–H groups in total. The number of carbonyl (C=O) groups excluding carboxylic acids is 1. The van der Waals surface area contributed by atoms with Crippen molar-refractivity contribution in [2.75, 3.05) is 32.1 Å². The van der Waals surface area contributed by atoms with Gasteiger partial charge in [0.25, 0.3) is 0 Å². The lowest BCUT2D eigenvalue weighted by atomic mass is 9.88. The van der Waals surface area contributed by atoms with Crippen LogP contribution in [-0.2, 0) is 9.53 Å². The number of rotatable bonds is 5. The summed E-state index contributed by atoms with van der Waals surface area (Å²) < 4.78 is 10.6. The number of hydrogen-bond donors (Lipinski definition) is 2. The van der Waals surface area contributed by atoms with E-state index in [9.17, 15) is 4.79 Å². The second kappa shape index (κ2) is 6.61.